The van der Waals surface area contributed by atoms with Gasteiger partial charge in [-0.1, -0.05) is 11.8 Å². The van der Waals surface area contributed by atoms with Gasteiger partial charge in [-0.05, 0) is 14.1 Å². The lowest BCUT2D eigenvalue weighted by molar-refractivity contribution is -0.183. The third-order valence-corrected chi connectivity index (χ3v) is 1.47. The predicted octanol–water partition coefficient (Wildman–Crippen LogP) is -0.458. The molecular weight excluding hydrogens is 214 g/mol. The second-order valence-electron chi connectivity index (χ2n) is 3.17. The molecule has 0 heterocycles. The number of carboxylic acids is 1. The zero-order valence-corrected chi connectivity index (χ0v) is 9.52. The highest BCUT2D eigenvalue weighted by Gasteiger charge is 2.18. The van der Waals surface area contributed by atoms with Crippen molar-refractivity contribution in [1.82, 2.24) is 4.90 Å². The molecule has 6 heteroatoms. The summed E-state index contributed by atoms with van der Waals surface area (Å²) in [7, 11) is 5.05. The standard InChI is InChI=1S/C10H15NO5/c1-11(2)7-5-4-6-8(15-3)16-10(14)9(12)13/h8H,6-7H2,1-3H3,(H,12,13). The minimum absolute atomic E-state index is 0.142. The average Bonchev–Trinajstić information content (AvgIpc) is 2.21. The van der Waals surface area contributed by atoms with E-state index >= 15 is 0 Å². The molecule has 1 N–H and O–H groups in total. The average molecular weight is 229 g/mol. The fourth-order valence-electron chi connectivity index (χ4n) is 0.712. The van der Waals surface area contributed by atoms with Gasteiger partial charge in [-0.2, -0.15) is 0 Å². The summed E-state index contributed by atoms with van der Waals surface area (Å²) in [5, 5.41) is 8.30. The summed E-state index contributed by atoms with van der Waals surface area (Å²) in [6, 6.07) is 0. The molecule has 0 saturated heterocycles. The summed E-state index contributed by atoms with van der Waals surface area (Å²) < 4.78 is 9.25. The molecule has 0 rings (SSSR count). The van der Waals surface area contributed by atoms with Gasteiger partial charge in [0.15, 0.2) is 0 Å². The number of esters is 1. The van der Waals surface area contributed by atoms with Crippen molar-refractivity contribution in [2.45, 2.75) is 12.7 Å². The topological polar surface area (TPSA) is 76.1 Å². The van der Waals surface area contributed by atoms with Gasteiger partial charge in [0.25, 0.3) is 0 Å². The van der Waals surface area contributed by atoms with Crippen molar-refractivity contribution in [3.05, 3.63) is 0 Å². The summed E-state index contributed by atoms with van der Waals surface area (Å²) in [4.78, 5) is 22.8. The van der Waals surface area contributed by atoms with Crippen molar-refractivity contribution in [2.24, 2.45) is 0 Å². The Labute approximate surface area is 94.1 Å². The van der Waals surface area contributed by atoms with Crippen molar-refractivity contribution in [1.29, 1.82) is 0 Å². The summed E-state index contributed by atoms with van der Waals surface area (Å²) in [6.07, 6.45) is -0.804. The van der Waals surface area contributed by atoms with E-state index < -0.39 is 18.2 Å². The molecule has 0 aliphatic rings. The van der Waals surface area contributed by atoms with E-state index in [0.717, 1.165) is 0 Å². The number of hydrogen-bond acceptors (Lipinski definition) is 5. The molecule has 90 valence electrons. The Bertz CT molecular complexity index is 302. The Kier molecular flexibility index (Phi) is 6.92. The first-order chi connectivity index (χ1) is 7.47. The lowest BCUT2D eigenvalue weighted by atomic mass is 10.4. The minimum atomic E-state index is -1.65. The molecule has 0 fully saturated rings. The highest BCUT2D eigenvalue weighted by atomic mass is 16.7. The Morgan fingerprint density at radius 2 is 2.00 bits per heavy atom. The largest absolute Gasteiger partial charge is 0.473 e. The van der Waals surface area contributed by atoms with Crippen molar-refractivity contribution in [3.63, 3.8) is 0 Å². The molecule has 0 saturated carbocycles. The number of hydrogen-bond donors (Lipinski definition) is 1. The summed E-state index contributed by atoms with van der Waals surface area (Å²) in [5.74, 6) is 2.54. The van der Waals surface area contributed by atoms with Crippen LogP contribution in [-0.4, -0.2) is 56.0 Å². The van der Waals surface area contributed by atoms with Crippen LogP contribution in [0.5, 0.6) is 0 Å². The molecule has 6 nitrogen and oxygen atoms in total. The van der Waals surface area contributed by atoms with E-state index in [0.29, 0.717) is 6.54 Å². The maximum atomic E-state index is 10.7. The number of nitrogens with zero attached hydrogens (tertiary/aromatic N) is 1. The van der Waals surface area contributed by atoms with Gasteiger partial charge in [-0.25, -0.2) is 9.59 Å². The van der Waals surface area contributed by atoms with Crippen LogP contribution in [0.25, 0.3) is 0 Å². The molecule has 1 unspecified atom stereocenters. The van der Waals surface area contributed by atoms with Crippen LogP contribution in [0.1, 0.15) is 6.42 Å². The smallest absolute Gasteiger partial charge is 0.419 e. The lowest BCUT2D eigenvalue weighted by Crippen LogP contribution is -2.25. The fraction of sp³-hybridized carbons (Fsp3) is 0.600. The Morgan fingerprint density at radius 1 is 1.38 bits per heavy atom. The van der Waals surface area contributed by atoms with Gasteiger partial charge in [-0.15, -0.1) is 0 Å². The predicted molar refractivity (Wildman–Crippen MR) is 55.5 cm³/mol. The molecule has 0 aliphatic carbocycles. The number of ether oxygens (including phenoxy) is 2. The van der Waals surface area contributed by atoms with Crippen LogP contribution in [0.3, 0.4) is 0 Å². The van der Waals surface area contributed by atoms with Gasteiger partial charge in [-0.3, -0.25) is 4.90 Å². The third-order valence-electron chi connectivity index (χ3n) is 1.47. The van der Waals surface area contributed by atoms with Gasteiger partial charge in [0.05, 0.1) is 13.0 Å². The monoisotopic (exact) mass is 229 g/mol. The van der Waals surface area contributed by atoms with Crippen LogP contribution in [-0.2, 0) is 19.1 Å². The van der Waals surface area contributed by atoms with E-state index in [4.69, 9.17) is 9.84 Å². The SMILES string of the molecule is COC(CC#CCN(C)C)OC(=O)C(=O)O. The number of methoxy groups -OCH3 is 1. The first-order valence-corrected chi connectivity index (χ1v) is 4.54. The minimum Gasteiger partial charge on any atom is -0.473 e. The van der Waals surface area contributed by atoms with Crippen molar-refractivity contribution >= 4 is 11.9 Å². The maximum Gasteiger partial charge on any atom is 0.419 e. The lowest BCUT2D eigenvalue weighted by Gasteiger charge is -2.11. The zero-order valence-electron chi connectivity index (χ0n) is 9.52. The number of aliphatic carboxylic acids is 1. The Balaban J connectivity index is 4.04. The quantitative estimate of drug-likeness (QED) is 0.304. The second kappa shape index (κ2) is 7.68. The first-order valence-electron chi connectivity index (χ1n) is 4.54. The van der Waals surface area contributed by atoms with Gasteiger partial charge in [0.2, 0.25) is 6.29 Å². The molecule has 0 radical (unpaired) electrons. The molecule has 0 aliphatic heterocycles. The Morgan fingerprint density at radius 3 is 2.44 bits per heavy atom. The molecule has 0 aromatic rings. The molecule has 0 bridgehead atoms. The molecule has 1 atom stereocenters. The van der Waals surface area contributed by atoms with E-state index in [2.05, 4.69) is 16.6 Å². The van der Waals surface area contributed by atoms with Crippen LogP contribution in [0.2, 0.25) is 0 Å². The zero-order chi connectivity index (χ0) is 12.6. The van der Waals surface area contributed by atoms with Crippen LogP contribution >= 0.6 is 0 Å². The molecule has 0 spiro atoms. The van der Waals surface area contributed by atoms with E-state index in [1.165, 1.54) is 7.11 Å². The van der Waals surface area contributed by atoms with Gasteiger partial charge >= 0.3 is 11.9 Å². The summed E-state index contributed by atoms with van der Waals surface area (Å²) >= 11 is 0. The van der Waals surface area contributed by atoms with Crippen molar-refractivity contribution < 1.29 is 24.2 Å². The third kappa shape index (κ3) is 6.81. The number of rotatable bonds is 4. The van der Waals surface area contributed by atoms with Crippen LogP contribution in [0, 0.1) is 11.8 Å². The van der Waals surface area contributed by atoms with Crippen LogP contribution < -0.4 is 0 Å². The second-order valence-corrected chi connectivity index (χ2v) is 3.17. The molecule has 0 aromatic carbocycles. The molecule has 0 aromatic heterocycles. The summed E-state index contributed by atoms with van der Waals surface area (Å²) in [5.41, 5.74) is 0. The number of carbonyl (C=O) groups is 2. The van der Waals surface area contributed by atoms with Gasteiger partial charge in [0.1, 0.15) is 0 Å². The molecular formula is C10H15NO5. The maximum absolute atomic E-state index is 10.7. The molecule has 16 heavy (non-hydrogen) atoms. The normalized spacial score (nSPS) is 11.5. The van der Waals surface area contributed by atoms with E-state index in [9.17, 15) is 9.59 Å². The molecule has 0 amide bonds. The van der Waals surface area contributed by atoms with Gasteiger partial charge in [0, 0.05) is 7.11 Å². The van der Waals surface area contributed by atoms with E-state index in [1.54, 1.807) is 0 Å². The highest BCUT2D eigenvalue weighted by Crippen LogP contribution is 1.98. The van der Waals surface area contributed by atoms with Gasteiger partial charge < -0.3 is 14.6 Å². The number of carbonyl (C=O) groups excluding carboxylic acids is 1. The van der Waals surface area contributed by atoms with E-state index in [1.807, 2.05) is 19.0 Å². The summed E-state index contributed by atoms with van der Waals surface area (Å²) in [6.45, 7) is 0.573. The fourth-order valence-corrected chi connectivity index (χ4v) is 0.712. The van der Waals surface area contributed by atoms with E-state index in [-0.39, 0.29) is 6.42 Å². The van der Waals surface area contributed by atoms with Crippen LogP contribution in [0.15, 0.2) is 0 Å². The highest BCUT2D eigenvalue weighted by molar-refractivity contribution is 6.28. The van der Waals surface area contributed by atoms with Crippen molar-refractivity contribution in [3.8, 4) is 11.8 Å². The Hall–Kier alpha value is -1.58. The van der Waals surface area contributed by atoms with Crippen LogP contribution in [0.4, 0.5) is 0 Å². The first kappa shape index (κ1) is 14.4. The number of carboxylic acid groups (broad SMARTS) is 1. The van der Waals surface area contributed by atoms with Crippen molar-refractivity contribution in [2.75, 3.05) is 27.7 Å².